The molecule has 0 saturated heterocycles. The predicted molar refractivity (Wildman–Crippen MR) is 41.8 cm³/mol. The molecule has 0 aliphatic carbocycles. The number of hydrogen-bond acceptors (Lipinski definition) is 3. The van der Waals surface area contributed by atoms with Gasteiger partial charge < -0.3 is 10.2 Å². The molecule has 1 heterocycles. The molecular weight excluding hydrogens is 204 g/mol. The van der Waals surface area contributed by atoms with Crippen molar-refractivity contribution in [1.82, 2.24) is 4.98 Å². The number of aromatic hydroxyl groups is 1. The Balaban J connectivity index is 3.35. The summed E-state index contributed by atoms with van der Waals surface area (Å²) in [5.41, 5.74) is -0.904. The molecule has 0 amide bonds. The molecule has 0 aromatic carbocycles. The Bertz CT molecular complexity index is 320. The smallest absolute Gasteiger partial charge is 0.267 e. The number of rotatable bonds is 2. The standard InChI is InChI=1S/C7H6ClF2NO2/c8-6-5(7(9)10)3(2-12)4(13)1-11-6/h1,7,12-13H,2H2. The summed E-state index contributed by atoms with van der Waals surface area (Å²) in [6, 6.07) is 0. The van der Waals surface area contributed by atoms with Crippen LogP contribution in [0.2, 0.25) is 5.15 Å². The molecule has 0 spiro atoms. The number of aromatic nitrogens is 1. The van der Waals surface area contributed by atoms with Gasteiger partial charge in [0.05, 0.1) is 18.4 Å². The second-order valence-electron chi connectivity index (χ2n) is 2.29. The van der Waals surface area contributed by atoms with Crippen molar-refractivity contribution in [3.05, 3.63) is 22.5 Å². The fourth-order valence-electron chi connectivity index (χ4n) is 0.916. The first kappa shape index (κ1) is 10.1. The van der Waals surface area contributed by atoms with E-state index in [1.807, 2.05) is 0 Å². The summed E-state index contributed by atoms with van der Waals surface area (Å²) in [7, 11) is 0. The van der Waals surface area contributed by atoms with Crippen molar-refractivity contribution in [1.29, 1.82) is 0 Å². The van der Waals surface area contributed by atoms with Gasteiger partial charge in [-0.2, -0.15) is 0 Å². The lowest BCUT2D eigenvalue weighted by atomic mass is 10.1. The van der Waals surface area contributed by atoms with Gasteiger partial charge in [0.25, 0.3) is 6.43 Å². The van der Waals surface area contributed by atoms with Gasteiger partial charge in [0.15, 0.2) is 0 Å². The minimum absolute atomic E-state index is 0.282. The van der Waals surface area contributed by atoms with E-state index in [1.54, 1.807) is 0 Å². The van der Waals surface area contributed by atoms with Gasteiger partial charge in [-0.05, 0) is 0 Å². The van der Waals surface area contributed by atoms with Gasteiger partial charge in [-0.15, -0.1) is 0 Å². The van der Waals surface area contributed by atoms with Gasteiger partial charge in [-0.1, -0.05) is 11.6 Å². The van der Waals surface area contributed by atoms with Crippen LogP contribution in [0, 0.1) is 0 Å². The minimum Gasteiger partial charge on any atom is -0.506 e. The first-order valence-electron chi connectivity index (χ1n) is 3.33. The van der Waals surface area contributed by atoms with Crippen molar-refractivity contribution in [3.8, 4) is 5.75 Å². The molecule has 0 saturated carbocycles. The van der Waals surface area contributed by atoms with Crippen molar-refractivity contribution >= 4 is 11.6 Å². The molecule has 1 rings (SSSR count). The molecule has 1 aromatic heterocycles. The molecule has 0 radical (unpaired) electrons. The predicted octanol–water partition coefficient (Wildman–Crippen LogP) is 1.87. The molecule has 0 bridgehead atoms. The Morgan fingerprint density at radius 1 is 1.54 bits per heavy atom. The van der Waals surface area contributed by atoms with Crippen LogP contribution in [0.15, 0.2) is 6.20 Å². The molecule has 2 N–H and O–H groups in total. The second kappa shape index (κ2) is 3.85. The average Bonchev–Trinajstić information content (AvgIpc) is 2.07. The average molecular weight is 210 g/mol. The fourth-order valence-corrected chi connectivity index (χ4v) is 1.16. The summed E-state index contributed by atoms with van der Waals surface area (Å²) >= 11 is 5.36. The molecule has 0 fully saturated rings. The summed E-state index contributed by atoms with van der Waals surface area (Å²) < 4.78 is 24.6. The van der Waals surface area contributed by atoms with Gasteiger partial charge in [-0.3, -0.25) is 0 Å². The van der Waals surface area contributed by atoms with E-state index in [-0.39, 0.29) is 5.56 Å². The molecule has 0 aliphatic heterocycles. The topological polar surface area (TPSA) is 53.4 Å². The summed E-state index contributed by atoms with van der Waals surface area (Å²) in [5.74, 6) is -0.484. The molecule has 0 atom stereocenters. The lowest BCUT2D eigenvalue weighted by molar-refractivity contribution is 0.146. The van der Waals surface area contributed by atoms with Gasteiger partial charge in [0.2, 0.25) is 0 Å². The largest absolute Gasteiger partial charge is 0.506 e. The van der Waals surface area contributed by atoms with Crippen molar-refractivity contribution < 1.29 is 19.0 Å². The molecule has 1 aromatic rings. The number of aliphatic hydroxyl groups is 1. The molecular formula is C7H6ClF2NO2. The lowest BCUT2D eigenvalue weighted by Crippen LogP contribution is -1.98. The van der Waals surface area contributed by atoms with E-state index >= 15 is 0 Å². The van der Waals surface area contributed by atoms with Crippen LogP contribution >= 0.6 is 11.6 Å². The highest BCUT2D eigenvalue weighted by Gasteiger charge is 2.20. The van der Waals surface area contributed by atoms with Crippen LogP contribution < -0.4 is 0 Å². The molecule has 0 aliphatic rings. The number of aliphatic hydroxyl groups excluding tert-OH is 1. The van der Waals surface area contributed by atoms with Crippen molar-refractivity contribution in [2.75, 3.05) is 0 Å². The van der Waals surface area contributed by atoms with Crippen LogP contribution in [0.5, 0.6) is 5.75 Å². The van der Waals surface area contributed by atoms with Crippen LogP contribution in [-0.2, 0) is 6.61 Å². The Hall–Kier alpha value is -0.940. The fraction of sp³-hybridized carbons (Fsp3) is 0.286. The number of halogens is 3. The number of nitrogens with zero attached hydrogens (tertiary/aromatic N) is 1. The normalized spacial score (nSPS) is 10.8. The minimum atomic E-state index is -2.87. The van der Waals surface area contributed by atoms with Crippen molar-refractivity contribution in [2.24, 2.45) is 0 Å². The van der Waals surface area contributed by atoms with Gasteiger partial charge in [0.1, 0.15) is 10.9 Å². The number of alkyl halides is 2. The van der Waals surface area contributed by atoms with Crippen LogP contribution in [0.1, 0.15) is 17.6 Å². The Kier molecular flexibility index (Phi) is 3.00. The van der Waals surface area contributed by atoms with E-state index < -0.39 is 29.5 Å². The first-order valence-corrected chi connectivity index (χ1v) is 3.71. The van der Waals surface area contributed by atoms with E-state index in [0.29, 0.717) is 0 Å². The molecule has 6 heteroatoms. The zero-order valence-corrected chi connectivity index (χ0v) is 7.09. The van der Waals surface area contributed by atoms with E-state index in [9.17, 15) is 8.78 Å². The van der Waals surface area contributed by atoms with Crippen LogP contribution in [-0.4, -0.2) is 15.2 Å². The molecule has 72 valence electrons. The zero-order valence-electron chi connectivity index (χ0n) is 6.34. The summed E-state index contributed by atoms with van der Waals surface area (Å²) in [6.07, 6.45) is -1.95. The first-order chi connectivity index (χ1) is 6.07. The SMILES string of the molecule is OCc1c(O)cnc(Cl)c1C(F)F. The monoisotopic (exact) mass is 209 g/mol. The molecule has 3 nitrogen and oxygen atoms in total. The third kappa shape index (κ3) is 1.87. The highest BCUT2D eigenvalue weighted by atomic mass is 35.5. The maximum absolute atomic E-state index is 12.3. The van der Waals surface area contributed by atoms with Gasteiger partial charge in [-0.25, -0.2) is 13.8 Å². The summed E-state index contributed by atoms with van der Waals surface area (Å²) in [4.78, 5) is 3.33. The number of pyridine rings is 1. The quantitative estimate of drug-likeness (QED) is 0.731. The Morgan fingerprint density at radius 3 is 2.54 bits per heavy atom. The Morgan fingerprint density at radius 2 is 2.15 bits per heavy atom. The number of hydrogen-bond donors (Lipinski definition) is 2. The van der Waals surface area contributed by atoms with Crippen LogP contribution in [0.25, 0.3) is 0 Å². The Labute approximate surface area is 77.6 Å². The third-order valence-electron chi connectivity index (χ3n) is 1.53. The van der Waals surface area contributed by atoms with E-state index in [0.717, 1.165) is 6.20 Å². The molecule has 13 heavy (non-hydrogen) atoms. The van der Waals surface area contributed by atoms with E-state index in [2.05, 4.69) is 4.98 Å². The van der Waals surface area contributed by atoms with E-state index in [4.69, 9.17) is 21.8 Å². The highest BCUT2D eigenvalue weighted by molar-refractivity contribution is 6.30. The van der Waals surface area contributed by atoms with Gasteiger partial charge >= 0.3 is 0 Å². The summed E-state index contributed by atoms with van der Waals surface area (Å²) in [6.45, 7) is -0.701. The third-order valence-corrected chi connectivity index (χ3v) is 1.83. The maximum atomic E-state index is 12.3. The lowest BCUT2D eigenvalue weighted by Gasteiger charge is -2.08. The molecule has 0 unspecified atom stereocenters. The van der Waals surface area contributed by atoms with Crippen molar-refractivity contribution in [3.63, 3.8) is 0 Å². The maximum Gasteiger partial charge on any atom is 0.267 e. The van der Waals surface area contributed by atoms with Crippen molar-refractivity contribution in [2.45, 2.75) is 13.0 Å². The second-order valence-corrected chi connectivity index (χ2v) is 2.64. The van der Waals surface area contributed by atoms with E-state index in [1.165, 1.54) is 0 Å². The zero-order chi connectivity index (χ0) is 10.0. The van der Waals surface area contributed by atoms with Gasteiger partial charge in [0, 0.05) is 5.56 Å². The van der Waals surface area contributed by atoms with Crippen LogP contribution in [0.4, 0.5) is 8.78 Å². The summed E-state index contributed by atoms with van der Waals surface area (Å²) in [5, 5.41) is 17.3. The van der Waals surface area contributed by atoms with Crippen LogP contribution in [0.3, 0.4) is 0 Å². The highest BCUT2D eigenvalue weighted by Crippen LogP contribution is 2.33.